The van der Waals surface area contributed by atoms with Crippen LogP contribution in [0.15, 0.2) is 29.0 Å². The van der Waals surface area contributed by atoms with Crippen molar-refractivity contribution in [3.8, 4) is 22.8 Å². The van der Waals surface area contributed by atoms with Crippen LogP contribution in [0.5, 0.6) is 11.5 Å². The third kappa shape index (κ3) is 3.19. The zero-order valence-electron chi connectivity index (χ0n) is 12.4. The Morgan fingerprint density at radius 3 is 2.81 bits per heavy atom. The fourth-order valence-corrected chi connectivity index (χ4v) is 2.29. The van der Waals surface area contributed by atoms with Gasteiger partial charge in [-0.3, -0.25) is 0 Å². The first-order chi connectivity index (χ1) is 10.2. The number of ether oxygens (including phenoxy) is 2. The van der Waals surface area contributed by atoms with Crippen molar-refractivity contribution in [3.63, 3.8) is 0 Å². The van der Waals surface area contributed by atoms with Gasteiger partial charge in [-0.05, 0) is 30.7 Å². The van der Waals surface area contributed by atoms with Crippen molar-refractivity contribution in [1.29, 1.82) is 0 Å². The van der Waals surface area contributed by atoms with E-state index in [9.17, 15) is 0 Å². The second kappa shape index (κ2) is 6.18. The van der Waals surface area contributed by atoms with Crippen molar-refractivity contribution in [2.75, 3.05) is 19.8 Å². The molecular formula is C16H20N2O3. The minimum absolute atomic E-state index is 0.579. The molecule has 0 amide bonds. The number of hydrogen-bond acceptors (Lipinski definition) is 5. The number of nitrogens with one attached hydrogen (secondary N) is 1. The van der Waals surface area contributed by atoms with Crippen molar-refractivity contribution in [2.45, 2.75) is 20.4 Å². The minimum Gasteiger partial charge on any atom is -0.486 e. The molecule has 2 heterocycles. The Morgan fingerprint density at radius 2 is 2.00 bits per heavy atom. The van der Waals surface area contributed by atoms with Gasteiger partial charge in [0.25, 0.3) is 0 Å². The summed E-state index contributed by atoms with van der Waals surface area (Å²) in [6, 6.07) is 5.83. The standard InChI is InChI=1S/C16H20N2O3/c1-11(2)8-17-9-13-16(21-10-18-13)12-3-4-14-15(7-12)20-6-5-19-14/h3-4,7,10-11,17H,5-6,8-9H2,1-2H3. The number of aromatic nitrogens is 1. The average molecular weight is 288 g/mol. The van der Waals surface area contributed by atoms with Gasteiger partial charge in [-0.2, -0.15) is 0 Å². The molecule has 0 saturated heterocycles. The number of benzene rings is 1. The van der Waals surface area contributed by atoms with Crippen molar-refractivity contribution in [1.82, 2.24) is 10.3 Å². The highest BCUT2D eigenvalue weighted by Crippen LogP contribution is 2.35. The molecule has 0 bridgehead atoms. The lowest BCUT2D eigenvalue weighted by Crippen LogP contribution is -2.19. The van der Waals surface area contributed by atoms with E-state index >= 15 is 0 Å². The molecule has 0 radical (unpaired) electrons. The van der Waals surface area contributed by atoms with Crippen molar-refractivity contribution >= 4 is 0 Å². The lowest BCUT2D eigenvalue weighted by molar-refractivity contribution is 0.171. The molecule has 0 spiro atoms. The van der Waals surface area contributed by atoms with E-state index in [1.165, 1.54) is 6.39 Å². The zero-order chi connectivity index (χ0) is 14.7. The first kappa shape index (κ1) is 13.9. The Morgan fingerprint density at radius 1 is 1.19 bits per heavy atom. The van der Waals surface area contributed by atoms with Crippen LogP contribution in [0.1, 0.15) is 19.5 Å². The highest BCUT2D eigenvalue weighted by Gasteiger charge is 2.16. The van der Waals surface area contributed by atoms with E-state index in [2.05, 4.69) is 24.1 Å². The van der Waals surface area contributed by atoms with Gasteiger partial charge in [0.1, 0.15) is 18.9 Å². The molecular weight excluding hydrogens is 268 g/mol. The molecule has 1 aromatic heterocycles. The maximum atomic E-state index is 5.61. The summed E-state index contributed by atoms with van der Waals surface area (Å²) in [6.45, 7) is 7.18. The Balaban J connectivity index is 1.79. The molecule has 5 heteroatoms. The van der Waals surface area contributed by atoms with Crippen LogP contribution in [-0.4, -0.2) is 24.7 Å². The van der Waals surface area contributed by atoms with Crippen LogP contribution in [0.2, 0.25) is 0 Å². The molecule has 1 aromatic carbocycles. The van der Waals surface area contributed by atoms with Crippen LogP contribution < -0.4 is 14.8 Å². The Bertz CT molecular complexity index is 607. The highest BCUT2D eigenvalue weighted by molar-refractivity contribution is 5.64. The molecule has 0 atom stereocenters. The molecule has 21 heavy (non-hydrogen) atoms. The predicted octanol–water partition coefficient (Wildman–Crippen LogP) is 2.86. The topological polar surface area (TPSA) is 56.5 Å². The summed E-state index contributed by atoms with van der Waals surface area (Å²) in [4.78, 5) is 4.30. The zero-order valence-corrected chi connectivity index (χ0v) is 12.4. The molecule has 0 aliphatic carbocycles. The van der Waals surface area contributed by atoms with Gasteiger partial charge >= 0.3 is 0 Å². The van der Waals surface area contributed by atoms with E-state index in [0.717, 1.165) is 35.1 Å². The monoisotopic (exact) mass is 288 g/mol. The van der Waals surface area contributed by atoms with Gasteiger partial charge < -0.3 is 19.2 Å². The second-order valence-corrected chi connectivity index (χ2v) is 5.51. The summed E-state index contributed by atoms with van der Waals surface area (Å²) in [5.41, 5.74) is 1.87. The number of nitrogens with zero attached hydrogens (tertiary/aromatic N) is 1. The van der Waals surface area contributed by atoms with Gasteiger partial charge in [-0.15, -0.1) is 0 Å². The summed E-state index contributed by atoms with van der Waals surface area (Å²) in [5, 5.41) is 3.38. The normalized spacial score (nSPS) is 13.7. The first-order valence-electron chi connectivity index (χ1n) is 7.27. The van der Waals surface area contributed by atoms with Gasteiger partial charge in [-0.1, -0.05) is 13.8 Å². The van der Waals surface area contributed by atoms with Gasteiger partial charge in [0.2, 0.25) is 0 Å². The van der Waals surface area contributed by atoms with Gasteiger partial charge in [0.15, 0.2) is 23.7 Å². The van der Waals surface area contributed by atoms with E-state index < -0.39 is 0 Å². The molecule has 0 saturated carbocycles. The maximum absolute atomic E-state index is 5.61. The predicted molar refractivity (Wildman–Crippen MR) is 79.5 cm³/mol. The summed E-state index contributed by atoms with van der Waals surface area (Å²) >= 11 is 0. The number of fused-ring (bicyclic) bond motifs is 1. The van der Waals surface area contributed by atoms with Crippen LogP contribution in [0.4, 0.5) is 0 Å². The summed E-state index contributed by atoms with van der Waals surface area (Å²) in [6.07, 6.45) is 1.48. The van der Waals surface area contributed by atoms with E-state index in [1.54, 1.807) is 0 Å². The molecule has 2 aromatic rings. The maximum Gasteiger partial charge on any atom is 0.181 e. The number of rotatable bonds is 5. The van der Waals surface area contributed by atoms with E-state index in [-0.39, 0.29) is 0 Å². The van der Waals surface area contributed by atoms with Crippen LogP contribution in [-0.2, 0) is 6.54 Å². The number of oxazole rings is 1. The quantitative estimate of drug-likeness (QED) is 0.917. The smallest absolute Gasteiger partial charge is 0.181 e. The van der Waals surface area contributed by atoms with Gasteiger partial charge in [-0.25, -0.2) is 4.98 Å². The molecule has 5 nitrogen and oxygen atoms in total. The summed E-state index contributed by atoms with van der Waals surface area (Å²) in [7, 11) is 0. The minimum atomic E-state index is 0.579. The molecule has 0 fully saturated rings. The lowest BCUT2D eigenvalue weighted by atomic mass is 10.1. The SMILES string of the molecule is CC(C)CNCc1ncoc1-c1ccc2c(c1)OCCO2. The van der Waals surface area contributed by atoms with Crippen molar-refractivity contribution in [2.24, 2.45) is 5.92 Å². The van der Waals surface area contributed by atoms with Crippen LogP contribution in [0.3, 0.4) is 0 Å². The molecule has 1 aliphatic rings. The molecule has 112 valence electrons. The van der Waals surface area contributed by atoms with Crippen molar-refractivity contribution in [3.05, 3.63) is 30.3 Å². The summed E-state index contributed by atoms with van der Waals surface area (Å²) in [5.74, 6) is 2.93. The largest absolute Gasteiger partial charge is 0.486 e. The van der Waals surface area contributed by atoms with E-state index in [1.807, 2.05) is 18.2 Å². The Hall–Kier alpha value is -2.01. The molecule has 1 aliphatic heterocycles. The fraction of sp³-hybridized carbons (Fsp3) is 0.438. The van der Waals surface area contributed by atoms with Crippen LogP contribution in [0, 0.1) is 5.92 Å². The van der Waals surface area contributed by atoms with Gasteiger partial charge in [0, 0.05) is 12.1 Å². The Kier molecular flexibility index (Phi) is 4.10. The third-order valence-electron chi connectivity index (χ3n) is 3.29. The molecule has 1 N–H and O–H groups in total. The van der Waals surface area contributed by atoms with Crippen LogP contribution >= 0.6 is 0 Å². The van der Waals surface area contributed by atoms with Crippen molar-refractivity contribution < 1.29 is 13.9 Å². The second-order valence-electron chi connectivity index (χ2n) is 5.51. The summed E-state index contributed by atoms with van der Waals surface area (Å²) < 4.78 is 16.7. The highest BCUT2D eigenvalue weighted by atomic mass is 16.6. The fourth-order valence-electron chi connectivity index (χ4n) is 2.29. The molecule has 0 unspecified atom stereocenters. The number of hydrogen-bond donors (Lipinski definition) is 1. The van der Waals surface area contributed by atoms with Crippen LogP contribution in [0.25, 0.3) is 11.3 Å². The van der Waals surface area contributed by atoms with Gasteiger partial charge in [0.05, 0.1) is 0 Å². The average Bonchev–Trinajstić information content (AvgIpc) is 2.95. The van der Waals surface area contributed by atoms with E-state index in [0.29, 0.717) is 25.7 Å². The lowest BCUT2D eigenvalue weighted by Gasteiger charge is -2.18. The first-order valence-corrected chi connectivity index (χ1v) is 7.27. The Labute approximate surface area is 124 Å². The van der Waals surface area contributed by atoms with E-state index in [4.69, 9.17) is 13.9 Å². The molecule has 3 rings (SSSR count). The third-order valence-corrected chi connectivity index (χ3v) is 3.29.